The lowest BCUT2D eigenvalue weighted by Crippen LogP contribution is -2.51. The van der Waals surface area contributed by atoms with Gasteiger partial charge in [0.2, 0.25) is 11.8 Å². The fourth-order valence-corrected chi connectivity index (χ4v) is 3.01. The van der Waals surface area contributed by atoms with E-state index in [4.69, 9.17) is 10.5 Å². The molecule has 1 aromatic rings. The molecule has 0 radical (unpaired) electrons. The number of nitrogens with two attached hydrogens (primary N) is 1. The summed E-state index contributed by atoms with van der Waals surface area (Å²) in [4.78, 5) is 35.4. The smallest absolute Gasteiger partial charge is 0.253 e. The maximum absolute atomic E-state index is 12.6. The van der Waals surface area contributed by atoms with Crippen LogP contribution in [0.25, 0.3) is 0 Å². The number of carbonyl (C=O) groups is 3. The minimum absolute atomic E-state index is 0.124. The molecule has 1 aromatic carbocycles. The van der Waals surface area contributed by atoms with E-state index in [1.54, 1.807) is 12.1 Å². The minimum atomic E-state index is -1.30. The number of rotatable bonds is 6. The van der Waals surface area contributed by atoms with E-state index < -0.39 is 36.0 Å². The summed E-state index contributed by atoms with van der Waals surface area (Å²) in [6.45, 7) is -0.359. The number of nitrogens with one attached hydrogen (secondary N) is 2. The summed E-state index contributed by atoms with van der Waals surface area (Å²) in [5.74, 6) is -1.39. The van der Waals surface area contributed by atoms with Crippen LogP contribution in [-0.4, -0.2) is 59.8 Å². The number of amides is 3. The lowest BCUT2D eigenvalue weighted by Gasteiger charge is -2.31. The van der Waals surface area contributed by atoms with Crippen LogP contribution in [-0.2, 0) is 9.59 Å². The van der Waals surface area contributed by atoms with E-state index in [1.165, 1.54) is 19.3 Å². The zero-order chi connectivity index (χ0) is 20.1. The quantitative estimate of drug-likeness (QED) is 0.390. The average Bonchev–Trinajstić information content (AvgIpc) is 2.63. The third kappa shape index (κ3) is 5.28. The number of ether oxygens (including phenoxy) is 1. The van der Waals surface area contributed by atoms with Crippen LogP contribution in [0.3, 0.4) is 0 Å². The van der Waals surface area contributed by atoms with Gasteiger partial charge in [-0.1, -0.05) is 6.08 Å². The van der Waals surface area contributed by atoms with Crippen LogP contribution in [0.5, 0.6) is 5.75 Å². The zero-order valence-corrected chi connectivity index (χ0v) is 16.0. The molecule has 0 heterocycles. The predicted molar refractivity (Wildman–Crippen MR) is 98.9 cm³/mol. The van der Waals surface area contributed by atoms with Crippen molar-refractivity contribution in [2.75, 3.05) is 13.7 Å². The van der Waals surface area contributed by atoms with Crippen LogP contribution in [0.4, 0.5) is 0 Å². The summed E-state index contributed by atoms with van der Waals surface area (Å²) >= 11 is 3.27. The second-order valence-electron chi connectivity index (χ2n) is 5.95. The Bertz CT molecular complexity index is 782. The Morgan fingerprint density at radius 2 is 2.00 bits per heavy atom. The summed E-state index contributed by atoms with van der Waals surface area (Å²) in [5, 5.41) is 25.1. The van der Waals surface area contributed by atoms with Gasteiger partial charge in [0, 0.05) is 16.5 Å². The minimum Gasteiger partial charge on any atom is -0.497 e. The molecule has 0 spiro atoms. The van der Waals surface area contributed by atoms with Crippen molar-refractivity contribution < 1.29 is 29.3 Å². The third-order valence-electron chi connectivity index (χ3n) is 4.00. The van der Waals surface area contributed by atoms with Gasteiger partial charge in [0.1, 0.15) is 11.9 Å². The highest BCUT2D eigenvalue weighted by Gasteiger charge is 2.34. The molecule has 3 atom stereocenters. The van der Waals surface area contributed by atoms with Gasteiger partial charge in [-0.25, -0.2) is 0 Å². The average molecular weight is 442 g/mol. The van der Waals surface area contributed by atoms with E-state index in [1.807, 2.05) is 0 Å². The number of halogens is 1. The lowest BCUT2D eigenvalue weighted by molar-refractivity contribution is -0.123. The van der Waals surface area contributed by atoms with Crippen molar-refractivity contribution >= 4 is 33.7 Å². The number of carbonyl (C=O) groups excluding carboxylic acids is 3. The summed E-state index contributed by atoms with van der Waals surface area (Å²) in [6.07, 6.45) is -1.34. The van der Waals surface area contributed by atoms with Crippen molar-refractivity contribution in [3.63, 3.8) is 0 Å². The lowest BCUT2D eigenvalue weighted by atomic mass is 9.90. The molecule has 27 heavy (non-hydrogen) atoms. The van der Waals surface area contributed by atoms with Crippen LogP contribution in [0.15, 0.2) is 34.3 Å². The molecule has 0 aliphatic heterocycles. The van der Waals surface area contributed by atoms with Crippen molar-refractivity contribution in [3.8, 4) is 5.75 Å². The summed E-state index contributed by atoms with van der Waals surface area (Å²) in [6, 6.07) is 3.81. The first kappa shape index (κ1) is 20.9. The zero-order valence-electron chi connectivity index (χ0n) is 14.4. The first-order chi connectivity index (χ1) is 12.7. The van der Waals surface area contributed by atoms with Gasteiger partial charge in [0.15, 0.2) is 0 Å². The Morgan fingerprint density at radius 3 is 2.63 bits per heavy atom. The molecule has 9 nitrogen and oxygen atoms in total. The molecule has 0 saturated carbocycles. The standard InChI is InChI=1S/C17H20BrN3O6/c1-27-9-2-3-11(18)10(6-9)17(26)21-12-4-8(5-13(22)15(12)24)16(25)20-7-14(19)23/h2-4,6,12-13,15,22,24H,5,7H2,1H3,(H2,19,23)(H,20,25)(H,21,26)/t12-,13-,15-/m1/s1. The SMILES string of the molecule is COc1ccc(Br)c(C(=O)N[C@@H]2C=C(C(=O)NCC(N)=O)C[C@@H](O)[C@@H]2O)c1. The van der Waals surface area contributed by atoms with Gasteiger partial charge in [-0.3, -0.25) is 14.4 Å². The van der Waals surface area contributed by atoms with Crippen molar-refractivity contribution in [3.05, 3.63) is 39.9 Å². The van der Waals surface area contributed by atoms with E-state index >= 15 is 0 Å². The molecule has 3 amide bonds. The van der Waals surface area contributed by atoms with Gasteiger partial charge in [0.25, 0.3) is 5.91 Å². The molecule has 10 heteroatoms. The molecule has 0 aromatic heterocycles. The Hall–Kier alpha value is -2.43. The number of aliphatic hydroxyl groups excluding tert-OH is 2. The number of benzene rings is 1. The molecule has 146 valence electrons. The molecule has 1 aliphatic rings. The molecule has 0 saturated heterocycles. The van der Waals surface area contributed by atoms with Crippen LogP contribution in [0.1, 0.15) is 16.8 Å². The fourth-order valence-electron chi connectivity index (χ4n) is 2.58. The molecule has 6 N–H and O–H groups in total. The molecule has 0 fully saturated rings. The fraction of sp³-hybridized carbons (Fsp3) is 0.353. The van der Waals surface area contributed by atoms with Crippen LogP contribution < -0.4 is 21.1 Å². The number of aliphatic hydroxyl groups is 2. The van der Waals surface area contributed by atoms with Gasteiger partial charge >= 0.3 is 0 Å². The summed E-state index contributed by atoms with van der Waals surface area (Å²) in [5.41, 5.74) is 5.37. The second-order valence-corrected chi connectivity index (χ2v) is 6.80. The Kier molecular flexibility index (Phi) is 6.94. The molecule has 0 unspecified atom stereocenters. The van der Waals surface area contributed by atoms with Crippen LogP contribution in [0, 0.1) is 0 Å². The van der Waals surface area contributed by atoms with Crippen molar-refractivity contribution in [2.24, 2.45) is 5.73 Å². The number of hydrogen-bond acceptors (Lipinski definition) is 6. The largest absolute Gasteiger partial charge is 0.497 e. The molecule has 1 aliphatic carbocycles. The molecule has 0 bridgehead atoms. The predicted octanol–water partition coefficient (Wildman–Crippen LogP) is -0.790. The van der Waals surface area contributed by atoms with Gasteiger partial charge in [-0.15, -0.1) is 0 Å². The van der Waals surface area contributed by atoms with Gasteiger partial charge in [-0.05, 0) is 34.1 Å². The highest BCUT2D eigenvalue weighted by molar-refractivity contribution is 9.10. The van der Waals surface area contributed by atoms with Crippen LogP contribution >= 0.6 is 15.9 Å². The Balaban J connectivity index is 2.19. The Labute approximate surface area is 163 Å². The van der Waals surface area contributed by atoms with Gasteiger partial charge in [0.05, 0.1) is 31.4 Å². The van der Waals surface area contributed by atoms with Gasteiger partial charge in [-0.2, -0.15) is 0 Å². The normalized spacial score (nSPS) is 21.8. The summed E-state index contributed by atoms with van der Waals surface area (Å²) in [7, 11) is 1.46. The highest BCUT2D eigenvalue weighted by Crippen LogP contribution is 2.24. The van der Waals surface area contributed by atoms with Crippen molar-refractivity contribution in [1.82, 2.24) is 10.6 Å². The number of methoxy groups -OCH3 is 1. The Morgan fingerprint density at radius 1 is 1.30 bits per heavy atom. The van der Waals surface area contributed by atoms with E-state index in [9.17, 15) is 24.6 Å². The maximum atomic E-state index is 12.6. The van der Waals surface area contributed by atoms with E-state index in [2.05, 4.69) is 26.6 Å². The number of primary amides is 1. The van der Waals surface area contributed by atoms with Crippen molar-refractivity contribution in [2.45, 2.75) is 24.7 Å². The molecule has 2 rings (SSSR count). The van der Waals surface area contributed by atoms with E-state index in [-0.39, 0.29) is 24.1 Å². The number of hydrogen-bond donors (Lipinski definition) is 5. The topological polar surface area (TPSA) is 151 Å². The second kappa shape index (κ2) is 8.98. The molecular formula is C17H20BrN3O6. The van der Waals surface area contributed by atoms with E-state index in [0.29, 0.717) is 10.2 Å². The summed E-state index contributed by atoms with van der Waals surface area (Å²) < 4.78 is 5.60. The molecular weight excluding hydrogens is 422 g/mol. The maximum Gasteiger partial charge on any atom is 0.253 e. The van der Waals surface area contributed by atoms with E-state index in [0.717, 1.165) is 0 Å². The highest BCUT2D eigenvalue weighted by atomic mass is 79.9. The first-order valence-corrected chi connectivity index (χ1v) is 8.80. The monoisotopic (exact) mass is 441 g/mol. The van der Waals surface area contributed by atoms with Crippen molar-refractivity contribution in [1.29, 1.82) is 0 Å². The first-order valence-electron chi connectivity index (χ1n) is 8.00. The van der Waals surface area contributed by atoms with Crippen LogP contribution in [0.2, 0.25) is 0 Å². The van der Waals surface area contributed by atoms with Gasteiger partial charge < -0.3 is 31.3 Å². The third-order valence-corrected chi connectivity index (χ3v) is 4.69.